The molecule has 3 heterocycles. The van der Waals surface area contributed by atoms with Crippen LogP contribution in [0.2, 0.25) is 0 Å². The first kappa shape index (κ1) is 13.8. The van der Waals surface area contributed by atoms with Gasteiger partial charge in [0.15, 0.2) is 0 Å². The van der Waals surface area contributed by atoms with Gasteiger partial charge in [-0.05, 0) is 34.1 Å². The Morgan fingerprint density at radius 2 is 1.95 bits per heavy atom. The predicted octanol–water partition coefficient (Wildman–Crippen LogP) is 4.17. The van der Waals surface area contributed by atoms with Crippen molar-refractivity contribution in [3.8, 4) is 23.0 Å². The molecule has 9 heteroatoms. The molecule has 0 unspecified atom stereocenters. The molecule has 0 spiro atoms. The summed E-state index contributed by atoms with van der Waals surface area (Å²) in [7, 11) is 0. The molecule has 3 aromatic heterocycles. The van der Waals surface area contributed by atoms with Crippen LogP contribution in [-0.2, 0) is 6.18 Å². The molecule has 21 heavy (non-hydrogen) atoms. The van der Waals surface area contributed by atoms with Gasteiger partial charge in [-0.3, -0.25) is 4.98 Å². The fourth-order valence-corrected chi connectivity index (χ4v) is 1.94. The summed E-state index contributed by atoms with van der Waals surface area (Å²) in [6.45, 7) is 0. The molecule has 0 atom stereocenters. The highest BCUT2D eigenvalue weighted by Gasteiger charge is 2.32. The molecule has 3 rings (SSSR count). The number of pyridine rings is 1. The van der Waals surface area contributed by atoms with E-state index in [9.17, 15) is 13.2 Å². The van der Waals surface area contributed by atoms with E-state index in [0.717, 1.165) is 12.3 Å². The second-order valence-electron chi connectivity index (χ2n) is 3.95. The van der Waals surface area contributed by atoms with Gasteiger partial charge in [-0.25, -0.2) is 0 Å². The van der Waals surface area contributed by atoms with Gasteiger partial charge in [0.05, 0.1) is 10.7 Å². The highest BCUT2D eigenvalue weighted by atomic mass is 79.9. The van der Waals surface area contributed by atoms with E-state index in [2.05, 4.69) is 31.1 Å². The summed E-state index contributed by atoms with van der Waals surface area (Å²) in [4.78, 5) is 7.39. The van der Waals surface area contributed by atoms with Crippen molar-refractivity contribution in [2.24, 2.45) is 0 Å². The van der Waals surface area contributed by atoms with Gasteiger partial charge in [0.25, 0.3) is 5.89 Å². The summed E-state index contributed by atoms with van der Waals surface area (Å²) in [6.07, 6.45) is -2.02. The van der Waals surface area contributed by atoms with E-state index in [0.29, 0.717) is 15.8 Å². The van der Waals surface area contributed by atoms with Crippen LogP contribution in [0.3, 0.4) is 0 Å². The fraction of sp³-hybridized carbons (Fsp3) is 0.0833. The van der Waals surface area contributed by atoms with E-state index in [1.807, 2.05) is 0 Å². The van der Waals surface area contributed by atoms with E-state index in [-0.39, 0.29) is 11.7 Å². The van der Waals surface area contributed by atoms with Crippen molar-refractivity contribution in [3.05, 3.63) is 40.8 Å². The lowest BCUT2D eigenvalue weighted by Gasteiger charge is -2.04. The minimum atomic E-state index is -4.49. The van der Waals surface area contributed by atoms with Crippen molar-refractivity contribution in [1.29, 1.82) is 0 Å². The van der Waals surface area contributed by atoms with E-state index in [4.69, 9.17) is 8.94 Å². The van der Waals surface area contributed by atoms with Crippen molar-refractivity contribution in [1.82, 2.24) is 15.1 Å². The number of halogens is 4. The second kappa shape index (κ2) is 4.99. The third-order valence-corrected chi connectivity index (χ3v) is 3.17. The van der Waals surface area contributed by atoms with Crippen LogP contribution in [-0.4, -0.2) is 15.1 Å². The lowest BCUT2D eigenvalue weighted by atomic mass is 10.2. The molecule has 0 N–H and O–H groups in total. The van der Waals surface area contributed by atoms with Gasteiger partial charge in [0.1, 0.15) is 5.69 Å². The maximum Gasteiger partial charge on any atom is 0.433 e. The molecule has 0 radical (unpaired) electrons. The Balaban J connectivity index is 1.92. The number of hydrogen-bond acceptors (Lipinski definition) is 5. The fourth-order valence-electron chi connectivity index (χ4n) is 1.57. The maximum atomic E-state index is 12.4. The molecule has 0 saturated heterocycles. The zero-order valence-corrected chi connectivity index (χ0v) is 11.6. The Kier molecular flexibility index (Phi) is 3.28. The zero-order chi connectivity index (χ0) is 15.0. The lowest BCUT2D eigenvalue weighted by molar-refractivity contribution is -0.141. The average Bonchev–Trinajstić information content (AvgIpc) is 3.06. The van der Waals surface area contributed by atoms with Gasteiger partial charge in [0, 0.05) is 11.8 Å². The molecule has 5 nitrogen and oxygen atoms in total. The molecule has 0 bridgehead atoms. The molecule has 0 aliphatic heterocycles. The number of rotatable bonds is 2. The summed E-state index contributed by atoms with van der Waals surface area (Å²) in [5.41, 5.74) is -0.676. The SMILES string of the molecule is FC(F)(F)c1ccc(-c2noc(-c3occc3Br)n2)cn1. The number of hydrogen-bond donors (Lipinski definition) is 0. The normalized spacial score (nSPS) is 11.8. The first-order chi connectivity index (χ1) is 9.95. The minimum absolute atomic E-state index is 0.113. The molecular formula is C12H5BrF3N3O2. The first-order valence-corrected chi connectivity index (χ1v) is 6.35. The highest BCUT2D eigenvalue weighted by Crippen LogP contribution is 2.31. The van der Waals surface area contributed by atoms with Gasteiger partial charge in [-0.15, -0.1) is 0 Å². The first-order valence-electron chi connectivity index (χ1n) is 5.56. The summed E-state index contributed by atoms with van der Waals surface area (Å²) in [6, 6.07) is 3.73. The van der Waals surface area contributed by atoms with Crippen LogP contribution in [0.1, 0.15) is 5.69 Å². The van der Waals surface area contributed by atoms with Crippen molar-refractivity contribution < 1.29 is 22.1 Å². The molecule has 0 fully saturated rings. The van der Waals surface area contributed by atoms with Gasteiger partial charge in [-0.1, -0.05) is 5.16 Å². The Morgan fingerprint density at radius 3 is 2.52 bits per heavy atom. The van der Waals surface area contributed by atoms with E-state index < -0.39 is 11.9 Å². The molecular weight excluding hydrogens is 355 g/mol. The smallest absolute Gasteiger partial charge is 0.433 e. The van der Waals surface area contributed by atoms with Crippen molar-refractivity contribution >= 4 is 15.9 Å². The molecule has 3 aromatic rings. The van der Waals surface area contributed by atoms with Crippen LogP contribution >= 0.6 is 15.9 Å². The minimum Gasteiger partial charge on any atom is -0.458 e. The average molecular weight is 360 g/mol. The van der Waals surface area contributed by atoms with Gasteiger partial charge in [0.2, 0.25) is 11.6 Å². The Labute approximate surface area is 123 Å². The lowest BCUT2D eigenvalue weighted by Crippen LogP contribution is -2.07. The molecule has 0 amide bonds. The monoisotopic (exact) mass is 359 g/mol. The van der Waals surface area contributed by atoms with Crippen molar-refractivity contribution in [2.45, 2.75) is 6.18 Å². The Bertz CT molecular complexity index is 765. The summed E-state index contributed by atoms with van der Waals surface area (Å²) >= 11 is 3.24. The predicted molar refractivity (Wildman–Crippen MR) is 67.9 cm³/mol. The van der Waals surface area contributed by atoms with E-state index in [1.165, 1.54) is 12.3 Å². The Morgan fingerprint density at radius 1 is 1.14 bits per heavy atom. The summed E-state index contributed by atoms with van der Waals surface area (Å²) in [5, 5.41) is 3.69. The number of alkyl halides is 3. The standard InChI is InChI=1S/C12H5BrF3N3O2/c13-7-3-4-20-9(7)11-18-10(19-21-11)6-1-2-8(17-5-6)12(14,15)16/h1-5H. The van der Waals surface area contributed by atoms with E-state index >= 15 is 0 Å². The quantitative estimate of drug-likeness (QED) is 0.686. The van der Waals surface area contributed by atoms with E-state index in [1.54, 1.807) is 6.07 Å². The number of nitrogens with zero attached hydrogens (tertiary/aromatic N) is 3. The van der Waals surface area contributed by atoms with Gasteiger partial charge < -0.3 is 8.94 Å². The van der Waals surface area contributed by atoms with Crippen molar-refractivity contribution in [2.75, 3.05) is 0 Å². The zero-order valence-electron chi connectivity index (χ0n) is 10.1. The molecule has 0 aliphatic rings. The van der Waals surface area contributed by atoms with Crippen LogP contribution in [0.15, 0.2) is 44.1 Å². The molecule has 108 valence electrons. The second-order valence-corrected chi connectivity index (χ2v) is 4.81. The number of furan rings is 1. The molecule has 0 aromatic carbocycles. The van der Waals surface area contributed by atoms with Crippen LogP contribution < -0.4 is 0 Å². The largest absolute Gasteiger partial charge is 0.458 e. The van der Waals surface area contributed by atoms with Gasteiger partial charge in [-0.2, -0.15) is 18.2 Å². The van der Waals surface area contributed by atoms with Crippen LogP contribution in [0.4, 0.5) is 13.2 Å². The third-order valence-electron chi connectivity index (χ3n) is 2.55. The van der Waals surface area contributed by atoms with Crippen LogP contribution in [0.25, 0.3) is 23.0 Å². The highest BCUT2D eigenvalue weighted by molar-refractivity contribution is 9.10. The topological polar surface area (TPSA) is 65.0 Å². The molecule has 0 aliphatic carbocycles. The van der Waals surface area contributed by atoms with Gasteiger partial charge >= 0.3 is 6.18 Å². The van der Waals surface area contributed by atoms with Crippen molar-refractivity contribution in [3.63, 3.8) is 0 Å². The number of aromatic nitrogens is 3. The summed E-state index contributed by atoms with van der Waals surface area (Å²) in [5.74, 6) is 0.574. The summed E-state index contributed by atoms with van der Waals surface area (Å²) < 4.78 is 48.1. The Hall–Kier alpha value is -2.16. The maximum absolute atomic E-state index is 12.4. The van der Waals surface area contributed by atoms with Crippen LogP contribution in [0.5, 0.6) is 0 Å². The third kappa shape index (κ3) is 2.68. The van der Waals surface area contributed by atoms with Crippen LogP contribution in [0, 0.1) is 0 Å². The molecule has 0 saturated carbocycles.